The van der Waals surface area contributed by atoms with Crippen molar-refractivity contribution in [3.63, 3.8) is 0 Å². The lowest BCUT2D eigenvalue weighted by molar-refractivity contribution is -0.216. The Hall–Kier alpha value is -2.95. The van der Waals surface area contributed by atoms with Gasteiger partial charge in [0.1, 0.15) is 28.4 Å². The summed E-state index contributed by atoms with van der Waals surface area (Å²) in [5, 5.41) is 12.3. The Balaban J connectivity index is 1.43. The van der Waals surface area contributed by atoms with Gasteiger partial charge in [0.25, 0.3) is 0 Å². The summed E-state index contributed by atoms with van der Waals surface area (Å²) in [6.45, 7) is 19.1. The molecule has 3 aliphatic carbocycles. The maximum atomic E-state index is 15.7. The normalized spacial score (nSPS) is 34.2. The van der Waals surface area contributed by atoms with Crippen LogP contribution in [-0.4, -0.2) is 88.9 Å². The molecule has 10 heteroatoms. The highest BCUT2D eigenvalue weighted by molar-refractivity contribution is 6.10. The molecular weight excluding hydrogens is 674 g/mol. The quantitative estimate of drug-likeness (QED) is 0.181. The number of carbonyl (C=O) groups excluding carboxylic acids is 3. The number of rotatable bonds is 12. The first-order chi connectivity index (χ1) is 25.1. The molecule has 2 saturated heterocycles. The highest BCUT2D eigenvalue weighted by atomic mass is 16.6. The average molecular weight is 736 g/mol. The number of Topliss-reactive ketones (excluding diaryl/α,β-unsaturated/α-hetero) is 2. The summed E-state index contributed by atoms with van der Waals surface area (Å²) >= 11 is 0. The van der Waals surface area contributed by atoms with Gasteiger partial charge in [-0.25, -0.2) is 4.79 Å². The van der Waals surface area contributed by atoms with Gasteiger partial charge in [-0.15, -0.1) is 0 Å². The molecule has 53 heavy (non-hydrogen) atoms. The van der Waals surface area contributed by atoms with Gasteiger partial charge in [-0.2, -0.15) is 0 Å². The van der Waals surface area contributed by atoms with Gasteiger partial charge in [-0.1, -0.05) is 40.2 Å². The van der Waals surface area contributed by atoms with Gasteiger partial charge >= 0.3 is 5.97 Å². The first kappa shape index (κ1) is 38.3. The Morgan fingerprint density at radius 3 is 2.43 bits per heavy atom. The summed E-state index contributed by atoms with van der Waals surface area (Å²) < 4.78 is 32.5. The highest BCUT2D eigenvalue weighted by Crippen LogP contribution is 2.71. The predicted molar refractivity (Wildman–Crippen MR) is 200 cm³/mol. The van der Waals surface area contributed by atoms with Crippen molar-refractivity contribution in [3.8, 4) is 17.2 Å². The number of phenolic OH excluding ortho intramolecular Hbond substituents is 1. The van der Waals surface area contributed by atoms with Gasteiger partial charge in [0.2, 0.25) is 0 Å². The van der Waals surface area contributed by atoms with Crippen LogP contribution in [0.4, 0.5) is 0 Å². The zero-order valence-electron chi connectivity index (χ0n) is 33.2. The van der Waals surface area contributed by atoms with Crippen LogP contribution in [0.1, 0.15) is 122 Å². The molecule has 1 spiro atoms. The third-order valence-electron chi connectivity index (χ3n) is 13.4. The molecule has 5 fully saturated rings. The minimum Gasteiger partial charge on any atom is -0.507 e. The molecule has 10 nitrogen and oxygen atoms in total. The standard InChI is InChI=1S/C43H61NO9/c1-9-50-31(45)13-11-18-42-39(48)29-24-30(40(6,7)53-42)43(42)33(34(29)44-20-22-49-23-21-44)36(47)32-35(46)27-16-19-41(8,17-10-12-25(2)3)51-37(27)28(38(32)52-43)15-14-26(4)5/h11,13,25-26,29-30,33-34,46H,9-10,12,14-24H2,1-8H3/b13-11+/t29-,30?,33?,34?,41+,42-,43-/m0/s1. The molecule has 4 bridgehead atoms. The number of esters is 1. The van der Waals surface area contributed by atoms with Gasteiger partial charge in [0.05, 0.1) is 31.3 Å². The lowest BCUT2D eigenvalue weighted by atomic mass is 9.44. The van der Waals surface area contributed by atoms with Crippen molar-refractivity contribution in [2.75, 3.05) is 32.9 Å². The summed E-state index contributed by atoms with van der Waals surface area (Å²) in [6.07, 6.45) is 9.34. The van der Waals surface area contributed by atoms with E-state index in [0.29, 0.717) is 74.5 Å². The zero-order valence-corrected chi connectivity index (χ0v) is 33.2. The summed E-state index contributed by atoms with van der Waals surface area (Å²) in [5.74, 6) is -0.508. The number of hydrogen-bond donors (Lipinski definition) is 1. The van der Waals surface area contributed by atoms with Crippen LogP contribution in [0.3, 0.4) is 0 Å². The molecule has 3 saturated carbocycles. The number of ketones is 2. The average Bonchev–Trinajstić information content (AvgIpc) is 3.24. The van der Waals surface area contributed by atoms with Gasteiger partial charge in [0.15, 0.2) is 22.8 Å². The number of aromatic hydroxyl groups is 1. The van der Waals surface area contributed by atoms with E-state index in [-0.39, 0.29) is 41.8 Å². The van der Waals surface area contributed by atoms with Gasteiger partial charge in [-0.05, 0) is 84.5 Å². The molecule has 4 heterocycles. The van der Waals surface area contributed by atoms with Crippen molar-refractivity contribution in [1.82, 2.24) is 4.90 Å². The second-order valence-corrected chi connectivity index (χ2v) is 18.1. The maximum absolute atomic E-state index is 15.7. The molecule has 1 N–H and O–H groups in total. The molecule has 1 aromatic carbocycles. The van der Waals surface area contributed by atoms with E-state index < -0.39 is 46.3 Å². The number of carbonyl (C=O) groups is 3. The van der Waals surface area contributed by atoms with Crippen LogP contribution < -0.4 is 9.47 Å². The summed E-state index contributed by atoms with van der Waals surface area (Å²) in [7, 11) is 0. The lowest BCUT2D eigenvalue weighted by Gasteiger charge is -2.64. The second-order valence-electron chi connectivity index (χ2n) is 18.1. The number of nitrogens with zero attached hydrogens (tertiary/aromatic N) is 1. The minimum atomic E-state index is -1.54. The van der Waals surface area contributed by atoms with E-state index in [9.17, 15) is 9.90 Å². The number of benzene rings is 1. The van der Waals surface area contributed by atoms with Crippen LogP contribution in [0.5, 0.6) is 17.2 Å². The van der Waals surface area contributed by atoms with E-state index in [0.717, 1.165) is 37.7 Å². The molecule has 8 rings (SSSR count). The topological polar surface area (TPSA) is 121 Å². The molecule has 7 atom stereocenters. The third kappa shape index (κ3) is 6.04. The molecular formula is C43H61NO9. The number of morpholine rings is 1. The van der Waals surface area contributed by atoms with E-state index in [1.165, 1.54) is 6.08 Å². The van der Waals surface area contributed by atoms with Crippen molar-refractivity contribution in [3.05, 3.63) is 28.8 Å². The summed E-state index contributed by atoms with van der Waals surface area (Å²) in [6, 6.07) is -0.446. The molecule has 3 unspecified atom stereocenters. The van der Waals surface area contributed by atoms with Crippen molar-refractivity contribution in [2.24, 2.45) is 29.6 Å². The van der Waals surface area contributed by atoms with Gasteiger partial charge < -0.3 is 28.8 Å². The van der Waals surface area contributed by atoms with E-state index >= 15 is 9.59 Å². The van der Waals surface area contributed by atoms with Crippen LogP contribution in [0.15, 0.2) is 12.2 Å². The zero-order chi connectivity index (χ0) is 38.1. The Morgan fingerprint density at radius 1 is 1.04 bits per heavy atom. The van der Waals surface area contributed by atoms with Gasteiger partial charge in [0, 0.05) is 54.6 Å². The summed E-state index contributed by atoms with van der Waals surface area (Å²) in [5.41, 5.74) is -2.49. The molecule has 292 valence electrons. The van der Waals surface area contributed by atoms with Crippen molar-refractivity contribution in [2.45, 2.75) is 142 Å². The van der Waals surface area contributed by atoms with Crippen LogP contribution in [-0.2, 0) is 36.6 Å². The highest BCUT2D eigenvalue weighted by Gasteiger charge is 2.85. The van der Waals surface area contributed by atoms with Crippen LogP contribution in [0.25, 0.3) is 0 Å². The van der Waals surface area contributed by atoms with E-state index in [4.69, 9.17) is 23.7 Å². The Bertz CT molecular complexity index is 1660. The Morgan fingerprint density at radius 2 is 1.75 bits per heavy atom. The smallest absolute Gasteiger partial charge is 0.330 e. The van der Waals surface area contributed by atoms with E-state index in [2.05, 4.69) is 39.5 Å². The fourth-order valence-corrected chi connectivity index (χ4v) is 11.0. The van der Waals surface area contributed by atoms with Crippen LogP contribution in [0, 0.1) is 29.6 Å². The SMILES string of the molecule is CCOC(=O)/C=C/C[C@]12OC(C)(C)C3C[C@H](C1=O)C(N1CCOCC1)C1C(=O)c4c(O)c5c(c(CCC(C)C)c4O[C@]132)O[C@](C)(CCCC(C)C)CC5. The minimum absolute atomic E-state index is 0.0512. The first-order valence-corrected chi connectivity index (χ1v) is 20.3. The van der Waals surface area contributed by atoms with Crippen molar-refractivity contribution >= 4 is 17.5 Å². The molecule has 7 aliphatic rings. The van der Waals surface area contributed by atoms with Crippen molar-refractivity contribution < 1.29 is 43.2 Å². The molecule has 0 radical (unpaired) electrons. The van der Waals surface area contributed by atoms with E-state index in [1.807, 2.05) is 13.8 Å². The molecule has 0 amide bonds. The molecule has 1 aromatic rings. The monoisotopic (exact) mass is 735 g/mol. The van der Waals surface area contributed by atoms with Gasteiger partial charge in [-0.3, -0.25) is 14.5 Å². The number of ether oxygens (including phenoxy) is 5. The lowest BCUT2D eigenvalue weighted by Crippen LogP contribution is -2.82. The van der Waals surface area contributed by atoms with E-state index in [1.54, 1.807) is 13.0 Å². The fourth-order valence-electron chi connectivity index (χ4n) is 11.0. The second kappa shape index (κ2) is 14.0. The number of phenols is 1. The Kier molecular flexibility index (Phi) is 10.1. The molecule has 0 aromatic heterocycles. The number of fused-ring (bicyclic) bond motifs is 2. The third-order valence-corrected chi connectivity index (χ3v) is 13.4. The fraction of sp³-hybridized carbons (Fsp3) is 0.744. The summed E-state index contributed by atoms with van der Waals surface area (Å²) in [4.78, 5) is 45.6. The predicted octanol–water partition coefficient (Wildman–Crippen LogP) is 6.80. The van der Waals surface area contributed by atoms with Crippen molar-refractivity contribution in [1.29, 1.82) is 0 Å². The Labute approximate surface area is 315 Å². The number of hydrogen-bond acceptors (Lipinski definition) is 10. The first-order valence-electron chi connectivity index (χ1n) is 20.3. The largest absolute Gasteiger partial charge is 0.507 e. The van der Waals surface area contributed by atoms with Crippen LogP contribution >= 0.6 is 0 Å². The van der Waals surface area contributed by atoms with Crippen LogP contribution in [0.2, 0.25) is 0 Å². The molecule has 4 aliphatic heterocycles. The maximum Gasteiger partial charge on any atom is 0.330 e.